The fourth-order valence-corrected chi connectivity index (χ4v) is 3.92. The summed E-state index contributed by atoms with van der Waals surface area (Å²) in [5.74, 6) is -1.66. The van der Waals surface area contributed by atoms with Gasteiger partial charge in [0.05, 0.1) is 26.7 Å². The van der Waals surface area contributed by atoms with Crippen LogP contribution in [0.1, 0.15) is 31.0 Å². The Bertz CT molecular complexity index is 1280. The highest BCUT2D eigenvalue weighted by Crippen LogP contribution is 2.39. The smallest absolute Gasteiger partial charge is 0.292 e. The van der Waals surface area contributed by atoms with E-state index in [0.717, 1.165) is 27.7 Å². The van der Waals surface area contributed by atoms with Gasteiger partial charge in [-0.25, -0.2) is 4.39 Å². The molecule has 0 saturated heterocycles. The van der Waals surface area contributed by atoms with Crippen LogP contribution in [0.2, 0.25) is 5.21 Å². The van der Waals surface area contributed by atoms with Crippen molar-refractivity contribution >= 4 is 56.9 Å². The molecule has 0 aliphatic carbocycles. The predicted octanol–water partition coefficient (Wildman–Crippen LogP) is 2.64. The van der Waals surface area contributed by atoms with Gasteiger partial charge in [0.1, 0.15) is 13.7 Å². The van der Waals surface area contributed by atoms with Crippen LogP contribution in [0.15, 0.2) is 36.4 Å². The summed E-state index contributed by atoms with van der Waals surface area (Å²) >= 11 is 0. The molecule has 6 radical (unpaired) electrons. The first kappa shape index (κ1) is 20.3. The number of aromatic nitrogens is 3. The zero-order valence-corrected chi connectivity index (χ0v) is 16.6. The highest BCUT2D eigenvalue weighted by molar-refractivity contribution is 6.50. The minimum absolute atomic E-state index is 0.00622. The van der Waals surface area contributed by atoms with Crippen LogP contribution < -0.4 is 5.59 Å². The Hall–Kier alpha value is -2.96. The maximum absolute atomic E-state index is 13.6. The van der Waals surface area contributed by atoms with Gasteiger partial charge in [0.15, 0.2) is 0 Å². The number of benzene rings is 2. The Morgan fingerprint density at radius 2 is 1.90 bits per heavy atom. The van der Waals surface area contributed by atoms with Crippen molar-refractivity contribution in [3.05, 3.63) is 53.5 Å². The van der Waals surface area contributed by atoms with Crippen LogP contribution in [0.4, 0.5) is 4.39 Å². The molecular formula is C21H17B3FN3O2. The first-order valence-corrected chi connectivity index (χ1v) is 9.48. The van der Waals surface area contributed by atoms with Crippen LogP contribution >= 0.6 is 0 Å². The summed E-state index contributed by atoms with van der Waals surface area (Å²) in [4.78, 5) is 11.6. The van der Waals surface area contributed by atoms with Gasteiger partial charge in [0, 0.05) is 22.2 Å². The van der Waals surface area contributed by atoms with Crippen LogP contribution in [-0.4, -0.2) is 49.4 Å². The fourth-order valence-electron chi connectivity index (χ4n) is 3.92. The summed E-state index contributed by atoms with van der Waals surface area (Å²) < 4.78 is 15.5. The van der Waals surface area contributed by atoms with Crippen LogP contribution in [0.25, 0.3) is 27.5 Å². The Morgan fingerprint density at radius 1 is 1.23 bits per heavy atom. The molecule has 0 unspecified atom stereocenters. The van der Waals surface area contributed by atoms with Crippen molar-refractivity contribution in [1.29, 1.82) is 0 Å². The second-order valence-electron chi connectivity index (χ2n) is 7.88. The van der Waals surface area contributed by atoms with Gasteiger partial charge in [-0.1, -0.05) is 13.8 Å². The summed E-state index contributed by atoms with van der Waals surface area (Å²) in [7, 11) is 17.9. The number of carboxylic acids is 1. The van der Waals surface area contributed by atoms with E-state index in [1.165, 1.54) is 12.1 Å². The molecule has 0 bridgehead atoms. The highest BCUT2D eigenvalue weighted by atomic mass is 19.1. The van der Waals surface area contributed by atoms with Crippen molar-refractivity contribution in [3.63, 3.8) is 0 Å². The Labute approximate surface area is 176 Å². The second kappa shape index (κ2) is 7.08. The predicted molar refractivity (Wildman–Crippen MR) is 118 cm³/mol. The van der Waals surface area contributed by atoms with Crippen LogP contribution in [0, 0.1) is 5.82 Å². The second-order valence-corrected chi connectivity index (χ2v) is 7.88. The number of rotatable bonds is 5. The Morgan fingerprint density at radius 3 is 2.50 bits per heavy atom. The maximum Gasteiger partial charge on any atom is 0.292 e. The van der Waals surface area contributed by atoms with E-state index in [-0.39, 0.29) is 18.2 Å². The zero-order chi connectivity index (χ0) is 21.8. The Kier molecular flexibility index (Phi) is 4.79. The minimum Gasteiger partial charge on any atom is -0.482 e. The number of H-pyrrole nitrogens is 1. The summed E-state index contributed by atoms with van der Waals surface area (Å²) in [5, 5.41) is 16.0. The summed E-state index contributed by atoms with van der Waals surface area (Å²) in [6.45, 7) is 3.99. The average molecular weight is 395 g/mol. The van der Waals surface area contributed by atoms with Crippen molar-refractivity contribution in [2.24, 2.45) is 0 Å². The maximum atomic E-state index is 13.6. The highest BCUT2D eigenvalue weighted by Gasteiger charge is 2.31. The number of fused-ring (bicyclic) bond motifs is 2. The SMILES string of the molecule is [B]c1[nH]nc2cc3c(CC([B])([B])C(=O)O)c(C(C)C)n(-c4ccc(F)cc4)c3cc12. The third kappa shape index (κ3) is 3.22. The molecule has 4 aromatic rings. The molecule has 0 spiro atoms. The lowest BCUT2D eigenvalue weighted by Crippen LogP contribution is -2.27. The summed E-state index contributed by atoms with van der Waals surface area (Å²) in [6.07, 6.45) is -0.0913. The average Bonchev–Trinajstić information content (AvgIpc) is 3.19. The number of nitrogens with one attached hydrogen (secondary N) is 1. The van der Waals surface area contributed by atoms with Crippen molar-refractivity contribution < 1.29 is 14.3 Å². The molecule has 0 saturated carbocycles. The van der Waals surface area contributed by atoms with Crippen LogP contribution in [0.3, 0.4) is 0 Å². The quantitative estimate of drug-likeness (QED) is 0.511. The van der Waals surface area contributed by atoms with Gasteiger partial charge in [-0.3, -0.25) is 9.89 Å². The van der Waals surface area contributed by atoms with E-state index in [1.54, 1.807) is 12.1 Å². The largest absolute Gasteiger partial charge is 0.482 e. The monoisotopic (exact) mass is 395 g/mol. The molecular weight excluding hydrogens is 378 g/mol. The molecule has 0 fully saturated rings. The molecule has 4 rings (SSSR count). The van der Waals surface area contributed by atoms with Crippen LogP contribution in [-0.2, 0) is 11.2 Å². The minimum atomic E-state index is -1.95. The van der Waals surface area contributed by atoms with E-state index in [4.69, 9.17) is 23.5 Å². The van der Waals surface area contributed by atoms with Gasteiger partial charge < -0.3 is 9.67 Å². The molecule has 9 heteroatoms. The van der Waals surface area contributed by atoms with E-state index in [1.807, 2.05) is 30.5 Å². The van der Waals surface area contributed by atoms with Gasteiger partial charge in [-0.05, 0) is 65.1 Å². The number of nitrogens with zero attached hydrogens (tertiary/aromatic N) is 2. The third-order valence-corrected chi connectivity index (χ3v) is 5.32. The van der Waals surface area contributed by atoms with E-state index >= 15 is 0 Å². The standard InChI is InChI=1S/C21H17B3FN3O2/c1-10(2)18-15(9-21(23,24)20(29)30)13-7-16-14(19(22)27-26-16)8-17(13)28(18)12-5-3-11(25)4-6-12/h3-8,10H,9H2,1-2H3,(H,26,27)(H,29,30). The lowest BCUT2D eigenvalue weighted by atomic mass is 9.51. The molecule has 5 nitrogen and oxygen atoms in total. The first-order chi connectivity index (χ1) is 14.1. The van der Waals surface area contributed by atoms with Gasteiger partial charge in [-0.2, -0.15) is 5.10 Å². The first-order valence-electron chi connectivity index (χ1n) is 9.48. The number of hydrogen-bond acceptors (Lipinski definition) is 2. The van der Waals surface area contributed by atoms with Crippen molar-refractivity contribution in [3.8, 4) is 5.69 Å². The van der Waals surface area contributed by atoms with Gasteiger partial charge in [0.2, 0.25) is 0 Å². The lowest BCUT2D eigenvalue weighted by Gasteiger charge is -2.22. The number of aliphatic carboxylic acids is 1. The summed E-state index contributed by atoms with van der Waals surface area (Å²) in [6, 6.07) is 9.83. The molecule has 0 atom stereocenters. The molecule has 2 aromatic carbocycles. The molecule has 0 aliphatic heterocycles. The third-order valence-electron chi connectivity index (χ3n) is 5.32. The van der Waals surface area contributed by atoms with Crippen molar-refractivity contribution in [2.45, 2.75) is 31.4 Å². The molecule has 0 aliphatic rings. The zero-order valence-electron chi connectivity index (χ0n) is 16.6. The lowest BCUT2D eigenvalue weighted by molar-refractivity contribution is -0.138. The van der Waals surface area contributed by atoms with E-state index in [9.17, 15) is 14.3 Å². The van der Waals surface area contributed by atoms with E-state index < -0.39 is 11.2 Å². The number of carbonyl (C=O) groups is 1. The molecule has 0 amide bonds. The Balaban J connectivity index is 2.12. The summed E-state index contributed by atoms with van der Waals surface area (Å²) in [5.41, 5.74) is 4.12. The van der Waals surface area contributed by atoms with Gasteiger partial charge in [-0.15, -0.1) is 0 Å². The van der Waals surface area contributed by atoms with Gasteiger partial charge in [0.25, 0.3) is 5.97 Å². The molecule has 30 heavy (non-hydrogen) atoms. The number of aromatic amines is 1. The number of carboxylic acid groups (broad SMARTS) is 1. The van der Waals surface area contributed by atoms with E-state index in [2.05, 4.69) is 10.2 Å². The molecule has 2 aromatic heterocycles. The molecule has 2 heterocycles. The normalized spacial score (nSPS) is 12.3. The fraction of sp³-hybridized carbons (Fsp3) is 0.238. The topological polar surface area (TPSA) is 70.9 Å². The van der Waals surface area contributed by atoms with Crippen LogP contribution in [0.5, 0.6) is 0 Å². The molecule has 144 valence electrons. The number of hydrogen-bond donors (Lipinski definition) is 2. The van der Waals surface area contributed by atoms with Crippen molar-refractivity contribution in [1.82, 2.24) is 14.8 Å². The van der Waals surface area contributed by atoms with E-state index in [0.29, 0.717) is 16.7 Å². The van der Waals surface area contributed by atoms with Crippen molar-refractivity contribution in [2.75, 3.05) is 0 Å². The van der Waals surface area contributed by atoms with Gasteiger partial charge >= 0.3 is 0 Å². The molecule has 2 N–H and O–H groups in total. The number of halogens is 1.